The summed E-state index contributed by atoms with van der Waals surface area (Å²) in [5.41, 5.74) is 3.67. The van der Waals surface area contributed by atoms with Crippen LogP contribution in [0.3, 0.4) is 0 Å². The van der Waals surface area contributed by atoms with Crippen LogP contribution in [-0.4, -0.2) is 22.4 Å². The molecule has 1 N–H and O–H groups in total. The molecule has 0 saturated carbocycles. The normalized spacial score (nSPS) is 15.7. The molecule has 1 saturated heterocycles. The smallest absolute Gasteiger partial charge is 0.317 e. The van der Waals surface area contributed by atoms with Crippen molar-refractivity contribution in [3.05, 3.63) is 89.3 Å². The Balaban J connectivity index is 1.78. The summed E-state index contributed by atoms with van der Waals surface area (Å²) in [6, 6.07) is 17.8. The van der Waals surface area contributed by atoms with Gasteiger partial charge in [0.25, 0.3) is 11.8 Å². The van der Waals surface area contributed by atoms with Crippen LogP contribution in [0.5, 0.6) is 0 Å². The largest absolute Gasteiger partial charge is 0.335 e. The molecule has 0 aliphatic carbocycles. The molecule has 29 heavy (non-hydrogen) atoms. The monoisotopic (exact) mass is 385 g/mol. The predicted octanol–water partition coefficient (Wildman–Crippen LogP) is 3.76. The molecule has 3 aromatic rings. The zero-order chi connectivity index (χ0) is 20.5. The van der Waals surface area contributed by atoms with Crippen molar-refractivity contribution in [2.75, 3.05) is 4.90 Å². The molecule has 6 heteroatoms. The van der Waals surface area contributed by atoms with Gasteiger partial charge in [-0.05, 0) is 61.4 Å². The van der Waals surface area contributed by atoms with Gasteiger partial charge in [0.1, 0.15) is 5.57 Å². The van der Waals surface area contributed by atoms with E-state index < -0.39 is 17.8 Å². The molecule has 1 aliphatic heterocycles. The summed E-state index contributed by atoms with van der Waals surface area (Å²) in [6.07, 6.45) is 3.36. The van der Waals surface area contributed by atoms with Gasteiger partial charge in [-0.1, -0.05) is 30.3 Å². The number of amides is 4. The fourth-order valence-electron chi connectivity index (χ4n) is 3.34. The number of anilines is 1. The van der Waals surface area contributed by atoms with Gasteiger partial charge in [0, 0.05) is 17.6 Å². The van der Waals surface area contributed by atoms with Gasteiger partial charge in [-0.3, -0.25) is 14.9 Å². The van der Waals surface area contributed by atoms with Gasteiger partial charge in [-0.25, -0.2) is 9.69 Å². The lowest BCUT2D eigenvalue weighted by Crippen LogP contribution is -2.54. The first-order valence-corrected chi connectivity index (χ1v) is 9.18. The summed E-state index contributed by atoms with van der Waals surface area (Å²) in [5, 5.41) is 2.28. The molecular formula is C23H19N3O3. The number of imide groups is 2. The second kappa shape index (κ2) is 7.24. The van der Waals surface area contributed by atoms with Crippen molar-refractivity contribution in [1.82, 2.24) is 9.88 Å². The maximum Gasteiger partial charge on any atom is 0.335 e. The minimum atomic E-state index is -0.746. The Morgan fingerprint density at radius 2 is 1.62 bits per heavy atom. The molecule has 0 radical (unpaired) electrons. The maximum atomic E-state index is 13.2. The number of nitrogens with one attached hydrogen (secondary N) is 1. The van der Waals surface area contributed by atoms with E-state index in [4.69, 9.17) is 0 Å². The van der Waals surface area contributed by atoms with Crippen molar-refractivity contribution in [2.24, 2.45) is 0 Å². The maximum absolute atomic E-state index is 13.2. The minimum absolute atomic E-state index is 0.0959. The first-order valence-electron chi connectivity index (χ1n) is 9.18. The van der Waals surface area contributed by atoms with E-state index in [-0.39, 0.29) is 5.57 Å². The van der Waals surface area contributed by atoms with Crippen molar-refractivity contribution in [2.45, 2.75) is 13.8 Å². The van der Waals surface area contributed by atoms with Gasteiger partial charge < -0.3 is 4.57 Å². The summed E-state index contributed by atoms with van der Waals surface area (Å²) in [4.78, 5) is 39.1. The fourth-order valence-corrected chi connectivity index (χ4v) is 3.34. The van der Waals surface area contributed by atoms with E-state index >= 15 is 0 Å². The highest BCUT2D eigenvalue weighted by Gasteiger charge is 2.37. The molecule has 0 unspecified atom stereocenters. The molecule has 0 atom stereocenters. The molecule has 4 amide bonds. The third-order valence-electron chi connectivity index (χ3n) is 5.03. The first kappa shape index (κ1) is 18.4. The van der Waals surface area contributed by atoms with E-state index in [1.807, 2.05) is 67.1 Å². The third-order valence-corrected chi connectivity index (χ3v) is 5.03. The third kappa shape index (κ3) is 3.25. The molecule has 0 spiro atoms. The molecule has 4 rings (SSSR count). The lowest BCUT2D eigenvalue weighted by atomic mass is 10.0. The van der Waals surface area contributed by atoms with Gasteiger partial charge in [0.15, 0.2) is 0 Å². The Morgan fingerprint density at radius 1 is 0.862 bits per heavy atom. The Kier molecular flexibility index (Phi) is 4.60. The van der Waals surface area contributed by atoms with Crippen molar-refractivity contribution in [3.63, 3.8) is 0 Å². The number of para-hydroxylation sites is 1. The van der Waals surface area contributed by atoms with E-state index in [9.17, 15) is 14.4 Å². The molecule has 1 aromatic heterocycles. The Morgan fingerprint density at radius 3 is 2.38 bits per heavy atom. The summed E-state index contributed by atoms with van der Waals surface area (Å²) in [7, 11) is 0. The van der Waals surface area contributed by atoms with Gasteiger partial charge in [-0.15, -0.1) is 0 Å². The number of benzene rings is 2. The van der Waals surface area contributed by atoms with E-state index in [0.717, 1.165) is 21.7 Å². The summed E-state index contributed by atoms with van der Waals surface area (Å²) in [6.45, 7) is 3.74. The number of carbonyl (C=O) groups excluding carboxylic acids is 3. The molecule has 144 valence electrons. The van der Waals surface area contributed by atoms with Crippen LogP contribution < -0.4 is 10.2 Å². The number of aryl methyl sites for hydroxylation is 1. The van der Waals surface area contributed by atoms with Crippen LogP contribution >= 0.6 is 0 Å². The highest BCUT2D eigenvalue weighted by atomic mass is 16.2. The Bertz CT molecular complexity index is 1160. The van der Waals surface area contributed by atoms with E-state index in [2.05, 4.69) is 5.32 Å². The van der Waals surface area contributed by atoms with Crippen LogP contribution in [0.1, 0.15) is 16.8 Å². The average molecular weight is 385 g/mol. The van der Waals surface area contributed by atoms with Crippen LogP contribution in [0, 0.1) is 13.8 Å². The fraction of sp³-hybridized carbons (Fsp3) is 0.0870. The Labute approximate surface area is 168 Å². The lowest BCUT2D eigenvalue weighted by molar-refractivity contribution is -0.122. The average Bonchev–Trinajstić information content (AvgIpc) is 3.17. The minimum Gasteiger partial charge on any atom is -0.317 e. The molecule has 2 heterocycles. The number of nitrogens with zero attached hydrogens (tertiary/aromatic N) is 2. The number of urea groups is 1. The van der Waals surface area contributed by atoms with Crippen LogP contribution in [-0.2, 0) is 9.59 Å². The van der Waals surface area contributed by atoms with Crippen molar-refractivity contribution in [3.8, 4) is 5.69 Å². The van der Waals surface area contributed by atoms with Crippen LogP contribution in [0.2, 0.25) is 0 Å². The van der Waals surface area contributed by atoms with E-state index in [1.165, 1.54) is 6.08 Å². The second-order valence-electron chi connectivity index (χ2n) is 6.82. The molecule has 0 bridgehead atoms. The number of carbonyl (C=O) groups is 3. The van der Waals surface area contributed by atoms with Crippen LogP contribution in [0.4, 0.5) is 10.5 Å². The molecular weight excluding hydrogens is 366 g/mol. The number of hydrogen-bond donors (Lipinski definition) is 1. The van der Waals surface area contributed by atoms with Crippen LogP contribution in [0.25, 0.3) is 11.8 Å². The van der Waals surface area contributed by atoms with Crippen LogP contribution in [0.15, 0.2) is 72.4 Å². The van der Waals surface area contributed by atoms with Gasteiger partial charge >= 0.3 is 6.03 Å². The second-order valence-corrected chi connectivity index (χ2v) is 6.82. The van der Waals surface area contributed by atoms with Gasteiger partial charge in [0.2, 0.25) is 0 Å². The number of aromatic nitrogens is 1. The van der Waals surface area contributed by atoms with Gasteiger partial charge in [-0.2, -0.15) is 0 Å². The SMILES string of the molecule is Cc1cccc(N2C(=O)NC(=O)/C(=C/c3cccn3-c3ccccc3)C2=O)c1C. The number of barbiturate groups is 1. The topological polar surface area (TPSA) is 71.4 Å². The Hall–Kier alpha value is -3.93. The zero-order valence-corrected chi connectivity index (χ0v) is 16.0. The molecule has 6 nitrogen and oxygen atoms in total. The van der Waals surface area contributed by atoms with E-state index in [0.29, 0.717) is 11.4 Å². The quantitative estimate of drug-likeness (QED) is 0.551. The molecule has 1 aliphatic rings. The van der Waals surface area contributed by atoms with Gasteiger partial charge in [0.05, 0.1) is 5.69 Å². The molecule has 1 fully saturated rings. The summed E-state index contributed by atoms with van der Waals surface area (Å²) < 4.78 is 1.87. The van der Waals surface area contributed by atoms with Crippen molar-refractivity contribution < 1.29 is 14.4 Å². The standard InChI is InChI=1S/C23H19N3O3/c1-15-8-6-12-20(16(15)2)26-22(28)19(21(27)24-23(26)29)14-18-11-7-13-25(18)17-9-4-3-5-10-17/h3-14H,1-2H3,(H,24,27,29)/b19-14-. The molecule has 2 aromatic carbocycles. The summed E-state index contributed by atoms with van der Waals surface area (Å²) >= 11 is 0. The number of rotatable bonds is 3. The summed E-state index contributed by atoms with van der Waals surface area (Å²) in [5.74, 6) is -1.35. The highest BCUT2D eigenvalue weighted by Crippen LogP contribution is 2.27. The van der Waals surface area contributed by atoms with Crippen molar-refractivity contribution >= 4 is 29.6 Å². The highest BCUT2D eigenvalue weighted by molar-refractivity contribution is 6.39. The lowest BCUT2D eigenvalue weighted by Gasteiger charge is -2.28. The zero-order valence-electron chi connectivity index (χ0n) is 16.0. The number of hydrogen-bond acceptors (Lipinski definition) is 3. The van der Waals surface area contributed by atoms with Crippen molar-refractivity contribution in [1.29, 1.82) is 0 Å². The first-order chi connectivity index (χ1) is 14.0. The predicted molar refractivity (Wildman–Crippen MR) is 111 cm³/mol. The van der Waals surface area contributed by atoms with E-state index in [1.54, 1.807) is 18.2 Å².